The minimum atomic E-state index is -1.13. The summed E-state index contributed by atoms with van der Waals surface area (Å²) in [4.78, 5) is 36.7. The summed E-state index contributed by atoms with van der Waals surface area (Å²) in [6.45, 7) is 8.42. The molecule has 10 heteroatoms. The van der Waals surface area contributed by atoms with Gasteiger partial charge in [0, 0.05) is 18.9 Å². The first-order chi connectivity index (χ1) is 13.4. The van der Waals surface area contributed by atoms with E-state index in [1.54, 1.807) is 27.7 Å². The first kappa shape index (κ1) is 25.9. The van der Waals surface area contributed by atoms with Crippen LogP contribution in [0.3, 0.4) is 0 Å². The van der Waals surface area contributed by atoms with Crippen molar-refractivity contribution in [3.8, 4) is 0 Å². The molecule has 168 valence electrons. The molecular weight excluding hydrogens is 416 g/mol. The second-order valence-electron chi connectivity index (χ2n) is 8.16. The Morgan fingerprint density at radius 2 is 1.79 bits per heavy atom. The first-order valence-corrected chi connectivity index (χ1v) is 12.2. The Morgan fingerprint density at radius 3 is 2.24 bits per heavy atom. The van der Waals surface area contributed by atoms with Crippen LogP contribution in [-0.4, -0.2) is 70.1 Å². The van der Waals surface area contributed by atoms with Gasteiger partial charge in [0.05, 0.1) is 16.8 Å². The Labute approximate surface area is 181 Å². The molecule has 4 atom stereocenters. The van der Waals surface area contributed by atoms with Gasteiger partial charge in [-0.25, -0.2) is 9.59 Å². The van der Waals surface area contributed by atoms with E-state index in [2.05, 4.69) is 10.6 Å². The van der Waals surface area contributed by atoms with Crippen molar-refractivity contribution in [1.29, 1.82) is 0 Å². The van der Waals surface area contributed by atoms with Crippen LogP contribution in [0.5, 0.6) is 0 Å². The quantitative estimate of drug-likeness (QED) is 0.381. The van der Waals surface area contributed by atoms with E-state index in [-0.39, 0.29) is 29.9 Å². The van der Waals surface area contributed by atoms with Crippen LogP contribution in [0.15, 0.2) is 0 Å². The van der Waals surface area contributed by atoms with Crippen molar-refractivity contribution in [3.63, 3.8) is 0 Å². The minimum Gasteiger partial charge on any atom is -0.464 e. The molecule has 0 aromatic rings. The SMILES string of the molecule is CCOC(=O)C(NC(C)=O)C1CC(O)(C(SC)SC)CC1NC(=O)OC(C)(C)C. The van der Waals surface area contributed by atoms with Crippen LogP contribution in [0.25, 0.3) is 0 Å². The Hall–Kier alpha value is -1.13. The third-order valence-electron chi connectivity index (χ3n) is 4.58. The summed E-state index contributed by atoms with van der Waals surface area (Å²) in [6.07, 6.45) is 3.63. The van der Waals surface area contributed by atoms with Crippen molar-refractivity contribution in [2.45, 2.75) is 75.3 Å². The lowest BCUT2D eigenvalue weighted by Gasteiger charge is -2.31. The molecule has 0 bridgehead atoms. The minimum absolute atomic E-state index is 0.157. The van der Waals surface area contributed by atoms with Crippen LogP contribution < -0.4 is 10.6 Å². The summed E-state index contributed by atoms with van der Waals surface area (Å²) in [5.74, 6) is -1.52. The summed E-state index contributed by atoms with van der Waals surface area (Å²) in [6, 6.07) is -1.55. The smallest absolute Gasteiger partial charge is 0.407 e. The number of nitrogens with one attached hydrogen (secondary N) is 2. The average molecular weight is 451 g/mol. The molecule has 1 saturated carbocycles. The maximum Gasteiger partial charge on any atom is 0.407 e. The van der Waals surface area contributed by atoms with Gasteiger partial charge in [-0.2, -0.15) is 0 Å². The predicted octanol–water partition coefficient (Wildman–Crippen LogP) is 2.14. The van der Waals surface area contributed by atoms with Crippen molar-refractivity contribution in [2.24, 2.45) is 5.92 Å². The molecule has 29 heavy (non-hydrogen) atoms. The number of ether oxygens (including phenoxy) is 2. The molecule has 1 aliphatic rings. The normalized spacial score (nSPS) is 25.4. The fourth-order valence-corrected chi connectivity index (χ4v) is 5.68. The molecule has 0 heterocycles. The van der Waals surface area contributed by atoms with Gasteiger partial charge in [-0.15, -0.1) is 23.5 Å². The monoisotopic (exact) mass is 450 g/mol. The number of esters is 1. The maximum absolute atomic E-state index is 12.6. The maximum atomic E-state index is 12.6. The third-order valence-corrected chi connectivity index (χ3v) is 7.46. The van der Waals surface area contributed by atoms with Crippen LogP contribution >= 0.6 is 23.5 Å². The highest BCUT2D eigenvalue weighted by Gasteiger charge is 2.53. The molecular formula is C19H34N2O6S2. The second kappa shape index (κ2) is 10.8. The molecule has 0 aliphatic heterocycles. The number of hydrogen-bond acceptors (Lipinski definition) is 8. The molecule has 8 nitrogen and oxygen atoms in total. The van der Waals surface area contributed by atoms with E-state index < -0.39 is 41.3 Å². The molecule has 3 N–H and O–H groups in total. The fraction of sp³-hybridized carbons (Fsp3) is 0.842. The average Bonchev–Trinajstić information content (AvgIpc) is 2.88. The number of hydrogen-bond donors (Lipinski definition) is 3. The van der Waals surface area contributed by atoms with Gasteiger partial charge >= 0.3 is 12.1 Å². The van der Waals surface area contributed by atoms with Gasteiger partial charge in [0.25, 0.3) is 0 Å². The van der Waals surface area contributed by atoms with E-state index in [9.17, 15) is 19.5 Å². The van der Waals surface area contributed by atoms with Crippen molar-refractivity contribution in [2.75, 3.05) is 19.1 Å². The van der Waals surface area contributed by atoms with Crippen LogP contribution in [0.4, 0.5) is 4.79 Å². The molecule has 1 fully saturated rings. The van der Waals surface area contributed by atoms with Gasteiger partial charge < -0.3 is 25.2 Å². The molecule has 2 amide bonds. The van der Waals surface area contributed by atoms with Gasteiger partial charge in [-0.3, -0.25) is 4.79 Å². The van der Waals surface area contributed by atoms with E-state index in [0.29, 0.717) is 0 Å². The van der Waals surface area contributed by atoms with E-state index >= 15 is 0 Å². The number of rotatable bonds is 8. The summed E-state index contributed by atoms with van der Waals surface area (Å²) in [5, 5.41) is 16.8. The summed E-state index contributed by atoms with van der Waals surface area (Å²) >= 11 is 3.02. The fourth-order valence-electron chi connectivity index (χ4n) is 3.65. The van der Waals surface area contributed by atoms with Gasteiger partial charge in [0.2, 0.25) is 5.91 Å². The zero-order valence-corrected chi connectivity index (χ0v) is 19.9. The molecule has 0 spiro atoms. The molecule has 0 radical (unpaired) electrons. The zero-order chi connectivity index (χ0) is 22.4. The lowest BCUT2D eigenvalue weighted by Crippen LogP contribution is -2.52. The Bertz CT molecular complexity index is 594. The summed E-state index contributed by atoms with van der Waals surface area (Å²) in [5.41, 5.74) is -1.82. The van der Waals surface area contributed by atoms with Crippen LogP contribution in [0, 0.1) is 5.92 Å². The van der Waals surface area contributed by atoms with Crippen LogP contribution in [0.1, 0.15) is 47.5 Å². The van der Waals surface area contributed by atoms with Gasteiger partial charge in [-0.1, -0.05) is 0 Å². The molecule has 1 rings (SSSR count). The highest BCUT2D eigenvalue weighted by atomic mass is 32.2. The standard InChI is InChI=1S/C19H34N2O6S2/c1-8-26-15(23)14(20-11(2)22)12-9-19(25,16(28-6)29-7)10-13(12)21-17(24)27-18(3,4)5/h12-14,16,25H,8-10H2,1-7H3,(H,20,22)(H,21,24). The largest absolute Gasteiger partial charge is 0.464 e. The van der Waals surface area contributed by atoms with E-state index in [4.69, 9.17) is 9.47 Å². The lowest BCUT2D eigenvalue weighted by molar-refractivity contribution is -0.149. The third kappa shape index (κ3) is 7.57. The van der Waals surface area contributed by atoms with Crippen LogP contribution in [0.2, 0.25) is 0 Å². The highest BCUT2D eigenvalue weighted by molar-refractivity contribution is 8.16. The predicted molar refractivity (Wildman–Crippen MR) is 116 cm³/mol. The van der Waals surface area contributed by atoms with Crippen molar-refractivity contribution >= 4 is 41.5 Å². The molecule has 0 aromatic carbocycles. The Kier molecular flexibility index (Phi) is 9.62. The highest BCUT2D eigenvalue weighted by Crippen LogP contribution is 2.45. The number of carbonyl (C=O) groups is 3. The van der Waals surface area contributed by atoms with Crippen LogP contribution in [-0.2, 0) is 19.1 Å². The topological polar surface area (TPSA) is 114 Å². The number of alkyl carbamates (subject to hydrolysis) is 1. The van der Waals surface area contributed by atoms with Gasteiger partial charge in [0.1, 0.15) is 11.6 Å². The summed E-state index contributed by atoms with van der Waals surface area (Å²) < 4.78 is 10.3. The molecule has 1 aliphatic carbocycles. The van der Waals surface area contributed by atoms with E-state index in [0.717, 1.165) is 0 Å². The first-order valence-electron chi connectivity index (χ1n) is 9.58. The van der Waals surface area contributed by atoms with Crippen molar-refractivity contribution in [1.82, 2.24) is 10.6 Å². The second-order valence-corrected chi connectivity index (χ2v) is 10.3. The van der Waals surface area contributed by atoms with Crippen molar-refractivity contribution in [3.05, 3.63) is 0 Å². The number of amides is 2. The molecule has 0 aromatic heterocycles. The summed E-state index contributed by atoms with van der Waals surface area (Å²) in [7, 11) is 0. The number of thioether (sulfide) groups is 2. The molecule has 4 unspecified atom stereocenters. The number of carbonyl (C=O) groups excluding carboxylic acids is 3. The Balaban J connectivity index is 3.21. The zero-order valence-electron chi connectivity index (χ0n) is 18.2. The van der Waals surface area contributed by atoms with Crippen molar-refractivity contribution < 1.29 is 29.0 Å². The molecule has 0 saturated heterocycles. The van der Waals surface area contributed by atoms with E-state index in [1.807, 2.05) is 12.5 Å². The van der Waals surface area contributed by atoms with Gasteiger partial charge in [0.15, 0.2) is 0 Å². The van der Waals surface area contributed by atoms with E-state index in [1.165, 1.54) is 30.4 Å². The lowest BCUT2D eigenvalue weighted by atomic mass is 9.93. The Morgan fingerprint density at radius 1 is 1.21 bits per heavy atom. The number of aliphatic hydroxyl groups is 1. The van der Waals surface area contributed by atoms with Gasteiger partial charge in [-0.05, 0) is 53.0 Å².